The Morgan fingerprint density at radius 3 is 2.67 bits per heavy atom. The summed E-state index contributed by atoms with van der Waals surface area (Å²) in [6.07, 6.45) is 0. The van der Waals surface area contributed by atoms with Crippen molar-refractivity contribution in [1.82, 2.24) is 0 Å². The van der Waals surface area contributed by atoms with Gasteiger partial charge in [-0.05, 0) is 36.8 Å². The van der Waals surface area contributed by atoms with Gasteiger partial charge in [0.25, 0.3) is 0 Å². The van der Waals surface area contributed by atoms with Gasteiger partial charge in [0.1, 0.15) is 5.76 Å². The van der Waals surface area contributed by atoms with Gasteiger partial charge in [0.05, 0.1) is 19.2 Å². The lowest BCUT2D eigenvalue weighted by atomic mass is 10.1. The predicted octanol–water partition coefficient (Wildman–Crippen LogP) is 2.68. The topological polar surface area (TPSA) is 88.8 Å². The predicted molar refractivity (Wildman–Crippen MR) is 75.5 cm³/mol. The molecule has 0 bridgehead atoms. The molecular formula is C15H15NO5. The second-order valence-electron chi connectivity index (χ2n) is 4.39. The number of benzene rings is 1. The highest BCUT2D eigenvalue weighted by atomic mass is 16.5. The third-order valence-electron chi connectivity index (χ3n) is 3.06. The fourth-order valence-corrected chi connectivity index (χ4v) is 1.93. The first-order valence-electron chi connectivity index (χ1n) is 6.26. The van der Waals surface area contributed by atoms with Gasteiger partial charge in [-0.25, -0.2) is 9.59 Å². The van der Waals surface area contributed by atoms with Crippen molar-refractivity contribution in [2.24, 2.45) is 0 Å². The molecule has 1 heterocycles. The van der Waals surface area contributed by atoms with E-state index in [2.05, 4.69) is 5.32 Å². The maximum absolute atomic E-state index is 11.6. The van der Waals surface area contributed by atoms with Crippen LogP contribution in [0.4, 0.5) is 5.69 Å². The average molecular weight is 289 g/mol. The third kappa shape index (κ3) is 3.22. The molecule has 0 fully saturated rings. The van der Waals surface area contributed by atoms with Gasteiger partial charge in [-0.2, -0.15) is 0 Å². The van der Waals surface area contributed by atoms with E-state index in [1.807, 2.05) is 6.07 Å². The molecule has 2 aromatic rings. The number of hydrogen-bond donors (Lipinski definition) is 2. The van der Waals surface area contributed by atoms with Crippen LogP contribution >= 0.6 is 0 Å². The van der Waals surface area contributed by atoms with Crippen molar-refractivity contribution in [2.45, 2.75) is 13.5 Å². The van der Waals surface area contributed by atoms with E-state index < -0.39 is 11.9 Å². The highest BCUT2D eigenvalue weighted by molar-refractivity contribution is 5.92. The van der Waals surface area contributed by atoms with E-state index in [-0.39, 0.29) is 5.76 Å². The van der Waals surface area contributed by atoms with Gasteiger partial charge >= 0.3 is 11.9 Å². The van der Waals surface area contributed by atoms with Gasteiger partial charge in [-0.3, -0.25) is 0 Å². The van der Waals surface area contributed by atoms with E-state index in [9.17, 15) is 9.59 Å². The maximum atomic E-state index is 11.6. The Morgan fingerprint density at radius 1 is 1.29 bits per heavy atom. The lowest BCUT2D eigenvalue weighted by Gasteiger charge is -2.11. The Hall–Kier alpha value is -2.76. The van der Waals surface area contributed by atoms with Crippen molar-refractivity contribution in [3.63, 3.8) is 0 Å². The van der Waals surface area contributed by atoms with Gasteiger partial charge in [0, 0.05) is 5.69 Å². The zero-order valence-corrected chi connectivity index (χ0v) is 11.7. The Labute approximate surface area is 121 Å². The molecule has 6 nitrogen and oxygen atoms in total. The lowest BCUT2D eigenvalue weighted by Crippen LogP contribution is -2.07. The Bertz CT molecular complexity index is 674. The van der Waals surface area contributed by atoms with Crippen molar-refractivity contribution in [3.05, 3.63) is 53.0 Å². The lowest BCUT2D eigenvalue weighted by molar-refractivity contribution is 0.0598. The van der Waals surface area contributed by atoms with E-state index >= 15 is 0 Å². The molecule has 6 heteroatoms. The van der Waals surface area contributed by atoms with Gasteiger partial charge in [0.2, 0.25) is 5.76 Å². The summed E-state index contributed by atoms with van der Waals surface area (Å²) in [6, 6.07) is 8.24. The minimum absolute atomic E-state index is 0.105. The Morgan fingerprint density at radius 2 is 2.05 bits per heavy atom. The number of carbonyl (C=O) groups excluding carboxylic acids is 1. The van der Waals surface area contributed by atoms with Crippen LogP contribution in [0.15, 0.2) is 34.7 Å². The molecule has 0 aliphatic heterocycles. The van der Waals surface area contributed by atoms with Crippen molar-refractivity contribution in [3.8, 4) is 0 Å². The number of carboxylic acid groups (broad SMARTS) is 1. The number of rotatable bonds is 5. The molecule has 2 rings (SSSR count). The van der Waals surface area contributed by atoms with Gasteiger partial charge < -0.3 is 19.6 Å². The standard InChI is InChI=1S/C15H15NO5/c1-9-11(15(19)20-2)4-3-5-12(9)16-8-10-6-7-13(21-10)14(17)18/h3-7,16H,8H2,1-2H3,(H,17,18). The van der Waals surface area contributed by atoms with E-state index in [0.29, 0.717) is 17.9 Å². The minimum Gasteiger partial charge on any atom is -0.475 e. The molecule has 2 N–H and O–H groups in total. The molecule has 21 heavy (non-hydrogen) atoms. The van der Waals surface area contributed by atoms with Crippen LogP contribution in [-0.4, -0.2) is 24.2 Å². The summed E-state index contributed by atoms with van der Waals surface area (Å²) in [4.78, 5) is 22.3. The van der Waals surface area contributed by atoms with Gasteiger partial charge in [-0.15, -0.1) is 0 Å². The second kappa shape index (κ2) is 6.13. The van der Waals surface area contributed by atoms with Crippen LogP contribution in [-0.2, 0) is 11.3 Å². The fraction of sp³-hybridized carbons (Fsp3) is 0.200. The van der Waals surface area contributed by atoms with Crippen LogP contribution in [0.1, 0.15) is 32.2 Å². The summed E-state index contributed by atoms with van der Waals surface area (Å²) in [5, 5.41) is 11.9. The SMILES string of the molecule is COC(=O)c1cccc(NCc2ccc(C(=O)O)o2)c1C. The minimum atomic E-state index is -1.11. The van der Waals surface area contributed by atoms with Crippen LogP contribution in [0.2, 0.25) is 0 Å². The van der Waals surface area contributed by atoms with Crippen molar-refractivity contribution >= 4 is 17.6 Å². The molecule has 0 spiro atoms. The number of methoxy groups -OCH3 is 1. The van der Waals surface area contributed by atoms with Crippen LogP contribution in [0, 0.1) is 6.92 Å². The molecule has 1 aromatic heterocycles. The Balaban J connectivity index is 2.12. The third-order valence-corrected chi connectivity index (χ3v) is 3.06. The molecule has 0 aliphatic rings. The van der Waals surface area contributed by atoms with Crippen molar-refractivity contribution < 1.29 is 23.8 Å². The molecule has 0 amide bonds. The van der Waals surface area contributed by atoms with E-state index in [4.69, 9.17) is 14.3 Å². The number of carbonyl (C=O) groups is 2. The first-order valence-corrected chi connectivity index (χ1v) is 6.26. The number of anilines is 1. The van der Waals surface area contributed by atoms with Crippen molar-refractivity contribution in [1.29, 1.82) is 0 Å². The van der Waals surface area contributed by atoms with Crippen LogP contribution in [0.5, 0.6) is 0 Å². The van der Waals surface area contributed by atoms with E-state index in [1.165, 1.54) is 13.2 Å². The zero-order chi connectivity index (χ0) is 15.4. The number of nitrogens with one attached hydrogen (secondary N) is 1. The highest BCUT2D eigenvalue weighted by Crippen LogP contribution is 2.20. The number of furan rings is 1. The molecule has 0 radical (unpaired) electrons. The highest BCUT2D eigenvalue weighted by Gasteiger charge is 2.12. The van der Waals surface area contributed by atoms with E-state index in [0.717, 1.165) is 11.3 Å². The van der Waals surface area contributed by atoms with Gasteiger partial charge in [-0.1, -0.05) is 6.07 Å². The largest absolute Gasteiger partial charge is 0.475 e. The summed E-state index contributed by atoms with van der Waals surface area (Å²) in [5.74, 6) is -1.12. The fourth-order valence-electron chi connectivity index (χ4n) is 1.93. The molecule has 0 atom stereocenters. The monoisotopic (exact) mass is 289 g/mol. The van der Waals surface area contributed by atoms with Crippen molar-refractivity contribution in [2.75, 3.05) is 12.4 Å². The van der Waals surface area contributed by atoms with Gasteiger partial charge in [0.15, 0.2) is 0 Å². The number of ether oxygens (including phenoxy) is 1. The normalized spacial score (nSPS) is 10.2. The molecule has 0 saturated heterocycles. The zero-order valence-electron chi connectivity index (χ0n) is 11.7. The summed E-state index contributed by atoms with van der Waals surface area (Å²) in [6.45, 7) is 2.12. The van der Waals surface area contributed by atoms with Crippen LogP contribution in [0.3, 0.4) is 0 Å². The summed E-state index contributed by atoms with van der Waals surface area (Å²) in [5.41, 5.74) is 1.99. The molecule has 0 unspecified atom stereocenters. The molecule has 0 aliphatic carbocycles. The molecule has 1 aromatic carbocycles. The number of esters is 1. The second-order valence-corrected chi connectivity index (χ2v) is 4.39. The van der Waals surface area contributed by atoms with Crippen LogP contribution in [0.25, 0.3) is 0 Å². The van der Waals surface area contributed by atoms with Crippen LogP contribution < -0.4 is 5.32 Å². The first kappa shape index (κ1) is 14.6. The number of aromatic carboxylic acids is 1. The molecular weight excluding hydrogens is 274 g/mol. The Kier molecular flexibility index (Phi) is 4.27. The average Bonchev–Trinajstić information content (AvgIpc) is 2.94. The molecule has 110 valence electrons. The van der Waals surface area contributed by atoms with E-state index in [1.54, 1.807) is 25.1 Å². The summed E-state index contributed by atoms with van der Waals surface area (Å²) >= 11 is 0. The summed E-state index contributed by atoms with van der Waals surface area (Å²) in [7, 11) is 1.33. The molecule has 0 saturated carbocycles. The first-order chi connectivity index (χ1) is 10.0. The summed E-state index contributed by atoms with van der Waals surface area (Å²) < 4.78 is 9.87. The quantitative estimate of drug-likeness (QED) is 0.823. The number of hydrogen-bond acceptors (Lipinski definition) is 5. The maximum Gasteiger partial charge on any atom is 0.371 e. The number of carboxylic acids is 1. The smallest absolute Gasteiger partial charge is 0.371 e.